The second kappa shape index (κ2) is 960. The number of aliphatic hydroxyl groups excluding tert-OH is 32. The van der Waals surface area contributed by atoms with Crippen LogP contribution in [0.4, 0.5) is 0 Å². The monoisotopic (exact) mass is 2870 g/mol. The van der Waals surface area contributed by atoms with Crippen molar-refractivity contribution in [2.75, 3.05) is 0 Å². The van der Waals surface area contributed by atoms with Crippen molar-refractivity contribution in [3.8, 4) is 0 Å². The van der Waals surface area contributed by atoms with E-state index in [1.807, 2.05) is 0 Å². The van der Waals surface area contributed by atoms with Crippen LogP contribution in [0, 0.1) is 228 Å². The van der Waals surface area contributed by atoms with E-state index < -0.39 is 0 Å². The predicted molar refractivity (Wildman–Crippen MR) is 387 cm³/mol. The number of hydrogen-bond donors (Lipinski definition) is 32. The summed E-state index contributed by atoms with van der Waals surface area (Å²) in [6, 6.07) is 0. The van der Waals surface area contributed by atoms with Crippen LogP contribution in [-0.4, -0.2) is 303 Å². The average molecular weight is 2870 g/mol. The molecule has 0 aliphatic heterocycles. The van der Waals surface area contributed by atoms with Crippen LogP contribution in [0.15, 0.2) is 0 Å². The molecule has 32 radical (unpaired) electrons. The zero-order chi connectivity index (χ0) is 84.5. The van der Waals surface area contributed by atoms with Crippen LogP contribution in [0.5, 0.6) is 0 Å². The molecule has 0 bridgehead atoms. The SMILES string of the molecule is [As].[As].[As].[As].[As]C1CCCCC1.[As]C1CCCCC1.[As]C1CCCCC1.[As]C1CCCCC1.[CH2-]O.[CH2-]O.[CH2-]O.[CH2-]O.[CH2-]O.[CH2-]O.[CH2-]O.[CH2-]O.[CH2-]O.[CH2-]O.[CH2-]O.[CH2-]O.[CH2-]O.[CH2-]O.[CH2-]O.[CH2-]O.[CH2-]O.[CH2-]O.[CH2-]O.[CH2-]O.[CH2-]O.[CH2-]O.[CH2-]O.[CH2-]O.[CH2-]O.[CH2-]O.[CH2-]O.[CH2-]O.[CH2-]O.[CH2-]O.[CH2-]O.[CH2-]O.[Co+2].[Co+2].[Co+2].[Co+2].[Co+2].[Co+2].[Co+2].[Co+2].[Co+3].[Co+3].[Co+3].[Co+3].[Co].[Co].[Co].[Co]. The summed E-state index contributed by atoms with van der Waals surface area (Å²) in [4.78, 5) is 0. The van der Waals surface area contributed by atoms with Crippen LogP contribution < -0.4 is 0 Å². The molecule has 0 atom stereocenters. The molecule has 0 aromatic heterocycles. The molecule has 4 aliphatic rings. The summed E-state index contributed by atoms with van der Waals surface area (Å²) in [5.41, 5.74) is 0. The normalized spacial score (nSPS) is 8.04. The Morgan fingerprint density at radius 3 is 0.179 bits per heavy atom. The standard InChI is InChI=1S/4C6H11As.32CH3O.4As.16Co/c4*7-6-4-2-1-3-5-6;32*1-2;;;;;;;;;;;;;;;;;;;;/h4*6H,1-5H2;32*2H,1H2;;;;;;;;;;;;;;;;;;;;/q;;;;32*-1;;;;;;;;;8*+2;4*+3. The van der Waals surface area contributed by atoms with Crippen LogP contribution in [0.2, 0.25) is 18.8 Å². The Morgan fingerprint density at radius 1 is 0.125 bits per heavy atom. The van der Waals surface area contributed by atoms with E-state index in [9.17, 15) is 0 Å². The fourth-order valence-corrected chi connectivity index (χ4v) is 7.39. The molecule has 56 heteroatoms. The molecule has 4 saturated carbocycles. The first-order valence-electron chi connectivity index (χ1n) is 22.4. The van der Waals surface area contributed by atoms with Gasteiger partial charge in [-0.2, -0.15) is 0 Å². The van der Waals surface area contributed by atoms with Gasteiger partial charge in [0.05, 0.1) is 0 Å². The summed E-state index contributed by atoms with van der Waals surface area (Å²) in [6.45, 7) is 0. The number of aliphatic hydroxyl groups is 32. The summed E-state index contributed by atoms with van der Waals surface area (Å²) in [5.74, 6) is 0. The number of rotatable bonds is 0. The van der Waals surface area contributed by atoms with Gasteiger partial charge in [-0.3, -0.25) is 0 Å². The van der Waals surface area contributed by atoms with Crippen LogP contribution in [0.25, 0.3) is 0 Å². The molecule has 0 saturated heterocycles. The third kappa shape index (κ3) is 936. The Balaban J connectivity index is -0.00000000669. The van der Waals surface area contributed by atoms with Gasteiger partial charge in [-0.05, 0) is 0 Å². The zero-order valence-corrected chi connectivity index (χ0v) is 94.0. The summed E-state index contributed by atoms with van der Waals surface area (Å²) in [5, 5.41) is 216. The Hall–Kier alpha value is 11.3. The molecule has 0 heterocycles. The van der Waals surface area contributed by atoms with Crippen LogP contribution >= 0.6 is 0 Å². The summed E-state index contributed by atoms with van der Waals surface area (Å²) in [7, 11) is 72.0. The fourth-order valence-electron chi connectivity index (χ4n) is 4.32. The number of hydrogen-bond acceptors (Lipinski definition) is 32. The van der Waals surface area contributed by atoms with Gasteiger partial charge in [0.25, 0.3) is 0 Å². The summed E-state index contributed by atoms with van der Waals surface area (Å²) < 4.78 is 3.89. The molecule has 4 fully saturated rings. The van der Waals surface area contributed by atoms with Crippen molar-refractivity contribution in [1.29, 1.82) is 0 Å². The van der Waals surface area contributed by atoms with Gasteiger partial charge < -0.3 is 163 Å². The topological polar surface area (TPSA) is 647 Å². The van der Waals surface area contributed by atoms with Crippen molar-refractivity contribution in [3.63, 3.8) is 0 Å². The van der Waals surface area contributed by atoms with Gasteiger partial charge >= 0.3 is 416 Å². The predicted octanol–water partition coefficient (Wildman–Crippen LogP) is 10.9. The maximum absolute atomic E-state index is 6.75. The third-order valence-corrected chi connectivity index (χ3v) is 10.6. The molecule has 744 valence electrons. The van der Waals surface area contributed by atoms with Gasteiger partial charge in [0.15, 0.2) is 0 Å². The van der Waals surface area contributed by atoms with Gasteiger partial charge in [0, 0.05) is 139 Å². The second-order valence-corrected chi connectivity index (χ2v) is 15.3. The smallest absolute Gasteiger partial charge is 0.569 e. The minimum atomic E-state index is 0. The van der Waals surface area contributed by atoms with E-state index in [1.165, 1.54) is 128 Å². The van der Waals surface area contributed by atoms with Gasteiger partial charge in [0.1, 0.15) is 0 Å². The molecule has 0 aromatic rings. The molecule has 32 N–H and O–H groups in total. The molecule has 32 nitrogen and oxygen atoms in total. The van der Waals surface area contributed by atoms with E-state index >= 15 is 0 Å². The van der Waals surface area contributed by atoms with Crippen molar-refractivity contribution < 1.29 is 432 Å². The van der Waals surface area contributed by atoms with E-state index in [0.29, 0.717) is 0 Å². The van der Waals surface area contributed by atoms with Crippen molar-refractivity contribution in [3.05, 3.63) is 228 Å². The average Bonchev–Trinajstić information content (AvgIpc) is 3.75. The Bertz CT molecular complexity index is 421. The van der Waals surface area contributed by atoms with Crippen LogP contribution in [-0.2, 0) is 268 Å². The van der Waals surface area contributed by atoms with Gasteiger partial charge in [-0.1, -0.05) is 0 Å². The maximum Gasteiger partial charge on any atom is 3.00 e. The quantitative estimate of drug-likeness (QED) is 0.0791. The van der Waals surface area contributed by atoms with E-state index in [-0.39, 0.29) is 340 Å². The van der Waals surface area contributed by atoms with Gasteiger partial charge in [-0.25, -0.2) is 228 Å². The maximum atomic E-state index is 6.75. The summed E-state index contributed by atoms with van der Waals surface area (Å²) in [6.07, 6.45) is 29.4. The molecule has 4 aliphatic carbocycles. The molecule has 0 aromatic carbocycles. The Labute approximate surface area is 933 Å². The van der Waals surface area contributed by atoms with Crippen molar-refractivity contribution in [2.24, 2.45) is 0 Å². The molecule has 0 spiro atoms. The minimum absolute atomic E-state index is 0. The second-order valence-electron chi connectivity index (χ2n) is 9.17. The minimum Gasteiger partial charge on any atom is -0.569 e. The van der Waals surface area contributed by atoms with E-state index in [1.54, 1.807) is 0 Å². The van der Waals surface area contributed by atoms with E-state index in [4.69, 9.17) is 163 Å². The molecule has 0 amide bonds. The Morgan fingerprint density at radius 2 is 0.161 bits per heavy atom. The Kier molecular flexibility index (Phi) is 3110. The molecular formula is C56H140As8Co16O32-4. The largest absolute Gasteiger partial charge is 3.00 e. The molecule has 4 rings (SSSR count). The van der Waals surface area contributed by atoms with Crippen molar-refractivity contribution in [2.45, 2.75) is 147 Å². The van der Waals surface area contributed by atoms with Crippen LogP contribution in [0.1, 0.15) is 128 Å². The first-order chi connectivity index (χ1) is 45.6. The fraction of sp³-hybridized carbons (Fsp3) is 0.429. The molecule has 112 heavy (non-hydrogen) atoms. The third-order valence-electron chi connectivity index (χ3n) is 6.30. The van der Waals surface area contributed by atoms with Crippen molar-refractivity contribution >= 4 is 139 Å². The summed E-state index contributed by atoms with van der Waals surface area (Å²) >= 11 is 11.1. The van der Waals surface area contributed by atoms with Crippen molar-refractivity contribution in [1.82, 2.24) is 0 Å². The van der Waals surface area contributed by atoms with Gasteiger partial charge in [0.2, 0.25) is 0 Å². The molecule has 0 unspecified atom stereocenters. The van der Waals surface area contributed by atoms with Crippen LogP contribution in [0.3, 0.4) is 0 Å². The van der Waals surface area contributed by atoms with E-state index in [0.717, 1.165) is 18.8 Å². The first-order valence-corrected chi connectivity index (χ1v) is 26.8. The van der Waals surface area contributed by atoms with Gasteiger partial charge in [-0.15, -0.1) is 0 Å². The first kappa shape index (κ1) is 363. The molecular weight excluding hydrogens is 2730 g/mol. The van der Waals surface area contributed by atoms with E-state index in [2.05, 4.69) is 295 Å². The zero-order valence-electron chi connectivity index (χ0n) is 62.3.